The highest BCUT2D eigenvalue weighted by Crippen LogP contribution is 2.00. The number of rotatable bonds is 9. The number of nitrogens with zero attached hydrogens (tertiary/aromatic N) is 1. The fraction of sp³-hybridized carbons (Fsp3) is 0.833. The fourth-order valence-electron chi connectivity index (χ4n) is 1.58. The van der Waals surface area contributed by atoms with Crippen LogP contribution >= 0.6 is 0 Å². The van der Waals surface area contributed by atoms with Crippen LogP contribution in [0.15, 0.2) is 0 Å². The molecule has 94 valence electrons. The molecule has 0 aromatic carbocycles. The summed E-state index contributed by atoms with van der Waals surface area (Å²) in [5, 5.41) is 2.63. The van der Waals surface area contributed by atoms with Crippen LogP contribution in [-0.4, -0.2) is 43.3 Å². The van der Waals surface area contributed by atoms with Gasteiger partial charge in [0.1, 0.15) is 5.78 Å². The molecule has 0 aliphatic carbocycles. The van der Waals surface area contributed by atoms with E-state index in [-0.39, 0.29) is 11.7 Å². The molecule has 16 heavy (non-hydrogen) atoms. The zero-order valence-electron chi connectivity index (χ0n) is 10.7. The summed E-state index contributed by atoms with van der Waals surface area (Å²) in [6, 6.07) is 0. The van der Waals surface area contributed by atoms with E-state index in [1.165, 1.54) is 0 Å². The number of likely N-dealkylation sites (N-methyl/N-ethyl adjacent to an activating group) is 1. The van der Waals surface area contributed by atoms with Gasteiger partial charge in [-0.05, 0) is 39.3 Å². The quantitative estimate of drug-likeness (QED) is 0.603. The average molecular weight is 228 g/mol. The molecule has 1 amide bonds. The summed E-state index contributed by atoms with van der Waals surface area (Å²) in [6.45, 7) is 6.02. The lowest BCUT2D eigenvalue weighted by atomic mass is 10.2. The van der Waals surface area contributed by atoms with Crippen molar-refractivity contribution < 1.29 is 9.59 Å². The van der Waals surface area contributed by atoms with Crippen molar-refractivity contribution in [1.29, 1.82) is 0 Å². The number of unbranched alkanes of at least 4 members (excludes halogenated alkanes) is 1. The summed E-state index contributed by atoms with van der Waals surface area (Å²) in [5.74, 6) is 0.299. The van der Waals surface area contributed by atoms with Crippen LogP contribution < -0.4 is 5.32 Å². The first kappa shape index (κ1) is 15.1. The molecule has 0 aromatic rings. The maximum absolute atomic E-state index is 11.2. The number of amides is 1. The van der Waals surface area contributed by atoms with Gasteiger partial charge in [0.2, 0.25) is 5.91 Å². The largest absolute Gasteiger partial charge is 0.358 e. The Morgan fingerprint density at radius 2 is 1.88 bits per heavy atom. The van der Waals surface area contributed by atoms with Gasteiger partial charge < -0.3 is 10.1 Å². The van der Waals surface area contributed by atoms with E-state index in [1.54, 1.807) is 14.0 Å². The molecule has 1 N–H and O–H groups in total. The summed E-state index contributed by atoms with van der Waals surface area (Å²) < 4.78 is 0. The van der Waals surface area contributed by atoms with E-state index in [9.17, 15) is 9.59 Å². The van der Waals surface area contributed by atoms with Gasteiger partial charge in [0.05, 0.1) is 6.54 Å². The first-order chi connectivity index (χ1) is 7.60. The third-order valence-electron chi connectivity index (χ3n) is 2.44. The molecular weight excluding hydrogens is 204 g/mol. The maximum Gasteiger partial charge on any atom is 0.233 e. The van der Waals surface area contributed by atoms with E-state index in [2.05, 4.69) is 17.1 Å². The Balaban J connectivity index is 3.75. The Morgan fingerprint density at radius 1 is 1.19 bits per heavy atom. The molecule has 4 heteroatoms. The van der Waals surface area contributed by atoms with Crippen LogP contribution in [0.4, 0.5) is 0 Å². The molecule has 0 radical (unpaired) electrons. The predicted molar refractivity (Wildman–Crippen MR) is 65.3 cm³/mol. The monoisotopic (exact) mass is 228 g/mol. The van der Waals surface area contributed by atoms with Gasteiger partial charge in [0, 0.05) is 13.5 Å². The highest BCUT2D eigenvalue weighted by Gasteiger charge is 2.08. The minimum Gasteiger partial charge on any atom is -0.358 e. The van der Waals surface area contributed by atoms with Gasteiger partial charge in [-0.2, -0.15) is 0 Å². The second-order valence-corrected chi connectivity index (χ2v) is 4.11. The Hall–Kier alpha value is -0.900. The molecule has 0 fully saturated rings. The third kappa shape index (κ3) is 8.41. The van der Waals surface area contributed by atoms with Crippen molar-refractivity contribution >= 4 is 11.7 Å². The standard InChI is InChI=1S/C12H24N2O2/c1-4-8-14(10-12(16)13-3)9-6-5-7-11(2)15/h4-10H2,1-3H3,(H,13,16). The Bertz CT molecular complexity index is 217. The highest BCUT2D eigenvalue weighted by atomic mass is 16.2. The Kier molecular flexibility index (Phi) is 8.81. The van der Waals surface area contributed by atoms with Crippen molar-refractivity contribution in [3.05, 3.63) is 0 Å². The van der Waals surface area contributed by atoms with E-state index >= 15 is 0 Å². The zero-order valence-corrected chi connectivity index (χ0v) is 10.7. The Morgan fingerprint density at radius 3 is 2.38 bits per heavy atom. The number of hydrogen-bond donors (Lipinski definition) is 1. The van der Waals surface area contributed by atoms with E-state index in [4.69, 9.17) is 0 Å². The van der Waals surface area contributed by atoms with Gasteiger partial charge in [0.25, 0.3) is 0 Å². The summed E-state index contributed by atoms with van der Waals surface area (Å²) in [6.07, 6.45) is 3.60. The van der Waals surface area contributed by atoms with E-state index in [1.807, 2.05) is 0 Å². The SMILES string of the molecule is CCCN(CCCCC(C)=O)CC(=O)NC. The second-order valence-electron chi connectivity index (χ2n) is 4.11. The second kappa shape index (κ2) is 9.33. The van der Waals surface area contributed by atoms with E-state index in [0.717, 1.165) is 32.4 Å². The van der Waals surface area contributed by atoms with Crippen LogP contribution in [0.1, 0.15) is 39.5 Å². The summed E-state index contributed by atoms with van der Waals surface area (Å²) in [4.78, 5) is 24.1. The van der Waals surface area contributed by atoms with Crippen LogP contribution in [0.3, 0.4) is 0 Å². The lowest BCUT2D eigenvalue weighted by Gasteiger charge is -2.20. The van der Waals surface area contributed by atoms with Crippen molar-refractivity contribution in [3.8, 4) is 0 Å². The first-order valence-corrected chi connectivity index (χ1v) is 6.02. The molecule has 0 unspecified atom stereocenters. The van der Waals surface area contributed by atoms with Gasteiger partial charge in [-0.1, -0.05) is 6.92 Å². The van der Waals surface area contributed by atoms with Crippen molar-refractivity contribution in [2.45, 2.75) is 39.5 Å². The number of carbonyl (C=O) groups is 2. The van der Waals surface area contributed by atoms with Crippen LogP contribution in [0, 0.1) is 0 Å². The molecule has 0 heterocycles. The lowest BCUT2D eigenvalue weighted by molar-refractivity contribution is -0.122. The number of ketones is 1. The molecule has 0 aliphatic rings. The van der Waals surface area contributed by atoms with Gasteiger partial charge in [-0.3, -0.25) is 9.69 Å². The minimum absolute atomic E-state index is 0.0556. The number of hydrogen-bond acceptors (Lipinski definition) is 3. The molecule has 0 aromatic heterocycles. The minimum atomic E-state index is 0.0556. The lowest BCUT2D eigenvalue weighted by Crippen LogP contribution is -2.36. The number of carbonyl (C=O) groups excluding carboxylic acids is 2. The molecule has 4 nitrogen and oxygen atoms in total. The van der Waals surface area contributed by atoms with Crippen LogP contribution in [-0.2, 0) is 9.59 Å². The topological polar surface area (TPSA) is 49.4 Å². The molecule has 0 bridgehead atoms. The Labute approximate surface area is 98.4 Å². The molecule has 0 saturated heterocycles. The molecule has 0 spiro atoms. The van der Waals surface area contributed by atoms with Crippen LogP contribution in [0.25, 0.3) is 0 Å². The molecule has 0 aliphatic heterocycles. The predicted octanol–water partition coefficient (Wildman–Crippen LogP) is 1.20. The van der Waals surface area contributed by atoms with Crippen LogP contribution in [0.2, 0.25) is 0 Å². The maximum atomic E-state index is 11.2. The van der Waals surface area contributed by atoms with Crippen molar-refractivity contribution in [2.24, 2.45) is 0 Å². The first-order valence-electron chi connectivity index (χ1n) is 6.02. The molecular formula is C12H24N2O2. The summed E-state index contributed by atoms with van der Waals surface area (Å²) in [7, 11) is 1.65. The van der Waals surface area contributed by atoms with Gasteiger partial charge in [-0.15, -0.1) is 0 Å². The molecule has 0 atom stereocenters. The normalized spacial score (nSPS) is 10.5. The number of Topliss-reactive ketones (excluding diaryl/α,β-unsaturated/α-hetero) is 1. The van der Waals surface area contributed by atoms with Crippen molar-refractivity contribution in [2.75, 3.05) is 26.7 Å². The third-order valence-corrected chi connectivity index (χ3v) is 2.44. The average Bonchev–Trinajstić information content (AvgIpc) is 2.24. The van der Waals surface area contributed by atoms with E-state index in [0.29, 0.717) is 13.0 Å². The fourth-order valence-corrected chi connectivity index (χ4v) is 1.58. The summed E-state index contributed by atoms with van der Waals surface area (Å²) in [5.41, 5.74) is 0. The van der Waals surface area contributed by atoms with Crippen LogP contribution in [0.5, 0.6) is 0 Å². The molecule has 0 rings (SSSR count). The van der Waals surface area contributed by atoms with Gasteiger partial charge >= 0.3 is 0 Å². The van der Waals surface area contributed by atoms with Gasteiger partial charge in [0.15, 0.2) is 0 Å². The highest BCUT2D eigenvalue weighted by molar-refractivity contribution is 5.77. The van der Waals surface area contributed by atoms with Crippen molar-refractivity contribution in [1.82, 2.24) is 10.2 Å². The smallest absolute Gasteiger partial charge is 0.233 e. The molecule has 0 saturated carbocycles. The van der Waals surface area contributed by atoms with Crippen molar-refractivity contribution in [3.63, 3.8) is 0 Å². The number of nitrogens with one attached hydrogen (secondary N) is 1. The zero-order chi connectivity index (χ0) is 12.4. The van der Waals surface area contributed by atoms with E-state index < -0.39 is 0 Å². The summed E-state index contributed by atoms with van der Waals surface area (Å²) >= 11 is 0. The van der Waals surface area contributed by atoms with Gasteiger partial charge in [-0.25, -0.2) is 0 Å².